The SMILES string of the molecule is C[C@H](Nc1ccc(C(=O)N[C@@H](CCC(=O)O)C(=O)O)cc1)c1cnc2nc(N)[nH]c(=O)c2n1. The van der Waals surface area contributed by atoms with Gasteiger partial charge in [-0.1, -0.05) is 0 Å². The van der Waals surface area contributed by atoms with Crippen molar-refractivity contribution in [2.45, 2.75) is 31.8 Å². The van der Waals surface area contributed by atoms with E-state index in [2.05, 4.69) is 30.6 Å². The third-order valence-electron chi connectivity index (χ3n) is 4.68. The molecule has 7 N–H and O–H groups in total. The molecule has 1 amide bonds. The van der Waals surface area contributed by atoms with Gasteiger partial charge in [-0.05, 0) is 37.6 Å². The molecule has 0 saturated heterocycles. The summed E-state index contributed by atoms with van der Waals surface area (Å²) in [7, 11) is 0. The fourth-order valence-electron chi connectivity index (χ4n) is 2.97. The third kappa shape index (κ3) is 5.78. The van der Waals surface area contributed by atoms with Crippen molar-refractivity contribution < 1.29 is 24.6 Å². The van der Waals surface area contributed by atoms with Crippen molar-refractivity contribution in [1.82, 2.24) is 25.3 Å². The molecule has 0 aliphatic heterocycles. The number of aromatic nitrogens is 4. The number of carboxylic acid groups (broad SMARTS) is 2. The minimum Gasteiger partial charge on any atom is -0.481 e. The quantitative estimate of drug-likeness (QED) is 0.261. The van der Waals surface area contributed by atoms with Crippen LogP contribution in [-0.4, -0.2) is 54.0 Å². The maximum absolute atomic E-state index is 12.3. The lowest BCUT2D eigenvalue weighted by Gasteiger charge is -2.16. The van der Waals surface area contributed by atoms with Gasteiger partial charge in [-0.15, -0.1) is 0 Å². The highest BCUT2D eigenvalue weighted by Crippen LogP contribution is 2.19. The smallest absolute Gasteiger partial charge is 0.326 e. The minimum absolute atomic E-state index is 0.0539. The largest absolute Gasteiger partial charge is 0.481 e. The Morgan fingerprint density at radius 1 is 1.15 bits per heavy atom. The fraction of sp³-hybridized carbons (Fsp3) is 0.250. The number of amides is 1. The number of anilines is 2. The highest BCUT2D eigenvalue weighted by molar-refractivity contribution is 5.97. The van der Waals surface area contributed by atoms with Gasteiger partial charge in [0.25, 0.3) is 11.5 Å². The number of fused-ring (bicyclic) bond motifs is 1. The predicted molar refractivity (Wildman–Crippen MR) is 117 cm³/mol. The van der Waals surface area contributed by atoms with Gasteiger partial charge in [-0.25, -0.2) is 14.8 Å². The van der Waals surface area contributed by atoms with E-state index in [1.807, 2.05) is 0 Å². The third-order valence-corrected chi connectivity index (χ3v) is 4.68. The van der Waals surface area contributed by atoms with Gasteiger partial charge in [0.15, 0.2) is 11.2 Å². The van der Waals surface area contributed by atoms with Gasteiger partial charge in [0, 0.05) is 17.7 Å². The van der Waals surface area contributed by atoms with E-state index in [0.29, 0.717) is 11.4 Å². The molecular weight excluding hydrogens is 434 g/mol. The Kier molecular flexibility index (Phi) is 6.81. The Labute approximate surface area is 186 Å². The standard InChI is InChI=1S/C20H21N7O6/c1-9(13-8-22-16-15(24-13)18(31)27-20(21)26-16)23-11-4-2-10(3-5-11)17(30)25-12(19(32)33)6-7-14(28)29/h2-5,8-9,12,23H,6-7H2,1H3,(H,25,30)(H,28,29)(H,32,33)(H3,21,22,26,27,31)/t9-,12-/m0/s1. The minimum atomic E-state index is -1.31. The van der Waals surface area contributed by atoms with Crippen molar-refractivity contribution in [2.75, 3.05) is 11.1 Å². The molecule has 0 aliphatic rings. The summed E-state index contributed by atoms with van der Waals surface area (Å²) >= 11 is 0. The monoisotopic (exact) mass is 455 g/mol. The lowest BCUT2D eigenvalue weighted by Crippen LogP contribution is -2.41. The highest BCUT2D eigenvalue weighted by atomic mass is 16.4. The molecule has 2 aromatic heterocycles. The van der Waals surface area contributed by atoms with Gasteiger partial charge in [0.05, 0.1) is 17.9 Å². The number of nitrogens with zero attached hydrogens (tertiary/aromatic N) is 3. The van der Waals surface area contributed by atoms with Crippen LogP contribution in [0, 0.1) is 0 Å². The topological polar surface area (TPSA) is 213 Å². The summed E-state index contributed by atoms with van der Waals surface area (Å²) in [6.45, 7) is 1.80. The van der Waals surface area contributed by atoms with Gasteiger partial charge in [0.2, 0.25) is 5.95 Å². The number of aliphatic carboxylic acids is 2. The average Bonchev–Trinajstić information content (AvgIpc) is 2.76. The lowest BCUT2D eigenvalue weighted by atomic mass is 10.1. The van der Waals surface area contributed by atoms with Crippen LogP contribution in [-0.2, 0) is 9.59 Å². The van der Waals surface area contributed by atoms with E-state index in [0.717, 1.165) is 0 Å². The molecule has 33 heavy (non-hydrogen) atoms. The number of hydrogen-bond donors (Lipinski definition) is 6. The first kappa shape index (κ1) is 23.1. The molecule has 13 nitrogen and oxygen atoms in total. The second-order valence-electron chi connectivity index (χ2n) is 7.16. The van der Waals surface area contributed by atoms with E-state index in [1.54, 1.807) is 19.1 Å². The van der Waals surface area contributed by atoms with Crippen LogP contribution in [0.2, 0.25) is 0 Å². The molecule has 0 bridgehead atoms. The van der Waals surface area contributed by atoms with Crippen LogP contribution in [0.1, 0.15) is 41.9 Å². The second kappa shape index (κ2) is 9.72. The van der Waals surface area contributed by atoms with Crippen molar-refractivity contribution >= 4 is 40.6 Å². The van der Waals surface area contributed by atoms with Crippen LogP contribution < -0.4 is 21.9 Å². The molecule has 1 aromatic carbocycles. The molecule has 0 unspecified atom stereocenters. The number of carbonyl (C=O) groups excluding carboxylic acids is 1. The zero-order valence-electron chi connectivity index (χ0n) is 17.4. The molecule has 3 rings (SSSR count). The summed E-state index contributed by atoms with van der Waals surface area (Å²) in [5, 5.41) is 23.4. The summed E-state index contributed by atoms with van der Waals surface area (Å²) in [6.07, 6.45) is 0.854. The van der Waals surface area contributed by atoms with E-state index in [9.17, 15) is 19.2 Å². The Hall–Kier alpha value is -4.55. The second-order valence-corrected chi connectivity index (χ2v) is 7.16. The molecule has 0 saturated carbocycles. The molecule has 0 radical (unpaired) electrons. The van der Waals surface area contributed by atoms with E-state index in [-0.39, 0.29) is 41.6 Å². The Morgan fingerprint density at radius 3 is 2.48 bits per heavy atom. The lowest BCUT2D eigenvalue weighted by molar-refractivity contribution is -0.140. The van der Waals surface area contributed by atoms with Crippen LogP contribution in [0.4, 0.5) is 11.6 Å². The normalized spacial score (nSPS) is 12.6. The van der Waals surface area contributed by atoms with E-state index in [1.165, 1.54) is 18.3 Å². The number of nitrogens with one attached hydrogen (secondary N) is 3. The first-order valence-electron chi connectivity index (χ1n) is 9.78. The number of carboxylic acids is 2. The van der Waals surface area contributed by atoms with Gasteiger partial charge >= 0.3 is 11.9 Å². The summed E-state index contributed by atoms with van der Waals surface area (Å²) < 4.78 is 0. The first-order chi connectivity index (χ1) is 15.6. The van der Waals surface area contributed by atoms with E-state index < -0.39 is 29.4 Å². The van der Waals surface area contributed by atoms with Crippen molar-refractivity contribution in [3.8, 4) is 0 Å². The van der Waals surface area contributed by atoms with Crippen molar-refractivity contribution in [3.05, 3.63) is 52.1 Å². The maximum atomic E-state index is 12.3. The molecule has 0 spiro atoms. The first-order valence-corrected chi connectivity index (χ1v) is 9.78. The number of nitrogens with two attached hydrogens (primary N) is 1. The fourth-order valence-corrected chi connectivity index (χ4v) is 2.97. The number of H-pyrrole nitrogens is 1. The number of benzene rings is 1. The zero-order chi connectivity index (χ0) is 24.1. The molecule has 2 heterocycles. The van der Waals surface area contributed by atoms with Crippen LogP contribution in [0.15, 0.2) is 35.3 Å². The van der Waals surface area contributed by atoms with Crippen LogP contribution in [0.3, 0.4) is 0 Å². The molecule has 2 atom stereocenters. The average molecular weight is 455 g/mol. The number of aromatic amines is 1. The van der Waals surface area contributed by atoms with E-state index in [4.69, 9.17) is 15.9 Å². The molecule has 0 aliphatic carbocycles. The van der Waals surface area contributed by atoms with Gasteiger partial charge in [-0.2, -0.15) is 4.98 Å². The number of nitrogen functional groups attached to an aromatic ring is 1. The van der Waals surface area contributed by atoms with E-state index >= 15 is 0 Å². The Bertz CT molecular complexity index is 1260. The molecule has 172 valence electrons. The predicted octanol–water partition coefficient (Wildman–Crippen LogP) is 0.516. The number of hydrogen-bond acceptors (Lipinski definition) is 9. The van der Waals surface area contributed by atoms with Crippen LogP contribution in [0.5, 0.6) is 0 Å². The highest BCUT2D eigenvalue weighted by Gasteiger charge is 2.21. The summed E-state index contributed by atoms with van der Waals surface area (Å²) in [4.78, 5) is 61.0. The van der Waals surface area contributed by atoms with Crippen molar-refractivity contribution in [3.63, 3.8) is 0 Å². The van der Waals surface area contributed by atoms with Crippen LogP contribution >= 0.6 is 0 Å². The Balaban J connectivity index is 1.68. The summed E-state index contributed by atoms with van der Waals surface area (Å²) in [5.74, 6) is -3.16. The molecular formula is C20H21N7O6. The molecule has 3 aromatic rings. The number of rotatable bonds is 9. The van der Waals surface area contributed by atoms with Gasteiger partial charge < -0.3 is 26.6 Å². The van der Waals surface area contributed by atoms with Crippen molar-refractivity contribution in [2.24, 2.45) is 0 Å². The van der Waals surface area contributed by atoms with Crippen LogP contribution in [0.25, 0.3) is 11.2 Å². The summed E-state index contributed by atoms with van der Waals surface area (Å²) in [6, 6.07) is 4.54. The zero-order valence-corrected chi connectivity index (χ0v) is 17.4. The maximum Gasteiger partial charge on any atom is 0.326 e. The van der Waals surface area contributed by atoms with Crippen molar-refractivity contribution in [1.29, 1.82) is 0 Å². The molecule has 13 heteroatoms. The summed E-state index contributed by atoms with van der Waals surface area (Å²) in [5.41, 5.74) is 6.49. The molecule has 0 fully saturated rings. The Morgan fingerprint density at radius 2 is 1.85 bits per heavy atom. The van der Waals surface area contributed by atoms with Gasteiger partial charge in [0.1, 0.15) is 6.04 Å². The van der Waals surface area contributed by atoms with Gasteiger partial charge in [-0.3, -0.25) is 19.4 Å². The number of carbonyl (C=O) groups is 3.